The Morgan fingerprint density at radius 3 is 2.46 bits per heavy atom. The van der Waals surface area contributed by atoms with Crippen LogP contribution in [0.2, 0.25) is 0 Å². The van der Waals surface area contributed by atoms with E-state index in [0.717, 1.165) is 23.9 Å². The van der Waals surface area contributed by atoms with Gasteiger partial charge in [0.05, 0.1) is 0 Å². The normalized spacial score (nSPS) is 10.8. The zero-order valence-corrected chi connectivity index (χ0v) is 14.4. The molecular formula is C20H19FN2O3. The molecule has 0 radical (unpaired) electrons. The first-order valence-electron chi connectivity index (χ1n) is 8.53. The Morgan fingerprint density at radius 1 is 1.12 bits per heavy atom. The third kappa shape index (κ3) is 4.14. The molecule has 134 valence electrons. The Bertz CT molecular complexity index is 940. The van der Waals surface area contributed by atoms with Crippen molar-refractivity contribution in [2.45, 2.75) is 32.7 Å². The number of unbranched alkanes of at least 4 members (excludes halogenated alkanes) is 1. The number of aromatic nitrogens is 2. The van der Waals surface area contributed by atoms with E-state index in [1.54, 1.807) is 12.1 Å². The Morgan fingerprint density at radius 2 is 1.81 bits per heavy atom. The van der Waals surface area contributed by atoms with Gasteiger partial charge in [0.2, 0.25) is 5.89 Å². The average molecular weight is 354 g/mol. The fourth-order valence-electron chi connectivity index (χ4n) is 2.58. The molecule has 6 heteroatoms. The van der Waals surface area contributed by atoms with E-state index in [9.17, 15) is 14.0 Å². The second kappa shape index (κ2) is 7.91. The number of halogens is 1. The maximum atomic E-state index is 13.0. The van der Waals surface area contributed by atoms with Gasteiger partial charge in [0.25, 0.3) is 0 Å². The molecule has 0 aliphatic heterocycles. The van der Waals surface area contributed by atoms with Gasteiger partial charge in [-0.3, -0.25) is 4.79 Å². The molecule has 0 amide bonds. The van der Waals surface area contributed by atoms with Gasteiger partial charge in [0, 0.05) is 11.1 Å². The standard InChI is InChI=1S/C20H19FN2O3/c1-2-3-4-14-5-7-15(8-6-14)18(24)13-23-20(25)26-19(22-23)16-9-11-17(21)12-10-16/h5-12H,2-4,13H2,1H3. The van der Waals surface area contributed by atoms with Crippen molar-refractivity contribution in [3.8, 4) is 11.5 Å². The predicted molar refractivity (Wildman–Crippen MR) is 95.5 cm³/mol. The van der Waals surface area contributed by atoms with Crippen molar-refractivity contribution in [2.24, 2.45) is 0 Å². The number of aryl methyl sites for hydroxylation is 1. The van der Waals surface area contributed by atoms with Gasteiger partial charge in [-0.25, -0.2) is 9.18 Å². The van der Waals surface area contributed by atoms with E-state index in [-0.39, 0.29) is 18.2 Å². The molecule has 0 aliphatic carbocycles. The maximum Gasteiger partial charge on any atom is 0.437 e. The van der Waals surface area contributed by atoms with Gasteiger partial charge in [0.15, 0.2) is 5.78 Å². The first-order valence-corrected chi connectivity index (χ1v) is 8.53. The Labute approximate surface area is 150 Å². The van der Waals surface area contributed by atoms with Crippen molar-refractivity contribution in [3.05, 3.63) is 76.0 Å². The van der Waals surface area contributed by atoms with Crippen molar-refractivity contribution in [3.63, 3.8) is 0 Å². The summed E-state index contributed by atoms with van der Waals surface area (Å²) < 4.78 is 19.0. The Hall–Kier alpha value is -3.02. The fourth-order valence-corrected chi connectivity index (χ4v) is 2.58. The van der Waals surface area contributed by atoms with Crippen molar-refractivity contribution in [2.75, 3.05) is 0 Å². The lowest BCUT2D eigenvalue weighted by Crippen LogP contribution is -2.21. The number of rotatable bonds is 7. The van der Waals surface area contributed by atoms with E-state index in [0.29, 0.717) is 11.1 Å². The minimum atomic E-state index is -0.725. The quantitative estimate of drug-likeness (QED) is 0.604. The summed E-state index contributed by atoms with van der Waals surface area (Å²) in [6.45, 7) is 1.92. The summed E-state index contributed by atoms with van der Waals surface area (Å²) >= 11 is 0. The van der Waals surface area contributed by atoms with E-state index >= 15 is 0 Å². The van der Waals surface area contributed by atoms with Crippen LogP contribution in [0.5, 0.6) is 0 Å². The third-order valence-electron chi connectivity index (χ3n) is 4.09. The number of carbonyl (C=O) groups is 1. The maximum absolute atomic E-state index is 13.0. The number of benzene rings is 2. The van der Waals surface area contributed by atoms with Crippen LogP contribution in [0.3, 0.4) is 0 Å². The zero-order chi connectivity index (χ0) is 18.5. The molecule has 0 unspecified atom stereocenters. The number of hydrogen-bond acceptors (Lipinski definition) is 4. The molecule has 0 N–H and O–H groups in total. The summed E-state index contributed by atoms with van der Waals surface area (Å²) in [5.74, 6) is -1.30. The molecule has 3 aromatic rings. The van der Waals surface area contributed by atoms with Crippen LogP contribution in [0.25, 0.3) is 11.5 Å². The topological polar surface area (TPSA) is 65.1 Å². The molecule has 0 aliphatic rings. The van der Waals surface area contributed by atoms with Crippen LogP contribution in [-0.4, -0.2) is 15.6 Å². The van der Waals surface area contributed by atoms with E-state index in [1.807, 2.05) is 12.1 Å². The van der Waals surface area contributed by atoms with Gasteiger partial charge in [-0.05, 0) is 42.7 Å². The second-order valence-corrected chi connectivity index (χ2v) is 6.06. The molecule has 0 bridgehead atoms. The predicted octanol–water partition coefficient (Wildman–Crippen LogP) is 3.87. The monoisotopic (exact) mass is 354 g/mol. The third-order valence-corrected chi connectivity index (χ3v) is 4.09. The highest BCUT2D eigenvalue weighted by Crippen LogP contribution is 2.16. The van der Waals surface area contributed by atoms with Crippen LogP contribution in [0, 0.1) is 5.82 Å². The van der Waals surface area contributed by atoms with Gasteiger partial charge in [-0.1, -0.05) is 37.6 Å². The molecule has 0 fully saturated rings. The van der Waals surface area contributed by atoms with Gasteiger partial charge in [-0.2, -0.15) is 4.68 Å². The highest BCUT2D eigenvalue weighted by molar-refractivity contribution is 5.95. The van der Waals surface area contributed by atoms with Crippen LogP contribution in [0.1, 0.15) is 35.7 Å². The number of nitrogens with zero attached hydrogens (tertiary/aromatic N) is 2. The van der Waals surface area contributed by atoms with Crippen LogP contribution in [-0.2, 0) is 13.0 Å². The van der Waals surface area contributed by atoms with E-state index in [1.165, 1.54) is 29.8 Å². The SMILES string of the molecule is CCCCc1ccc(C(=O)Cn2nc(-c3ccc(F)cc3)oc2=O)cc1. The number of ketones is 1. The average Bonchev–Trinajstić information content (AvgIpc) is 3.01. The summed E-state index contributed by atoms with van der Waals surface area (Å²) in [5, 5.41) is 4.03. The number of carbonyl (C=O) groups excluding carboxylic acids is 1. The highest BCUT2D eigenvalue weighted by atomic mass is 19.1. The van der Waals surface area contributed by atoms with E-state index in [2.05, 4.69) is 12.0 Å². The number of Topliss-reactive ketones (excluding diaryl/α,β-unsaturated/α-hetero) is 1. The lowest BCUT2D eigenvalue weighted by atomic mass is 10.0. The van der Waals surface area contributed by atoms with Crippen LogP contribution in [0.4, 0.5) is 4.39 Å². The van der Waals surface area contributed by atoms with Crippen molar-refractivity contribution in [1.82, 2.24) is 9.78 Å². The molecule has 1 heterocycles. The lowest BCUT2D eigenvalue weighted by Gasteiger charge is -2.03. The molecule has 0 atom stereocenters. The second-order valence-electron chi connectivity index (χ2n) is 6.06. The van der Waals surface area contributed by atoms with Gasteiger partial charge in [0.1, 0.15) is 12.4 Å². The minimum absolute atomic E-state index is 0.0534. The molecule has 2 aromatic carbocycles. The van der Waals surface area contributed by atoms with Gasteiger partial charge >= 0.3 is 5.76 Å². The van der Waals surface area contributed by atoms with Crippen LogP contribution >= 0.6 is 0 Å². The van der Waals surface area contributed by atoms with E-state index < -0.39 is 11.6 Å². The molecule has 0 saturated carbocycles. The molecular weight excluding hydrogens is 335 g/mol. The zero-order valence-electron chi connectivity index (χ0n) is 14.4. The molecule has 3 rings (SSSR count). The minimum Gasteiger partial charge on any atom is -0.388 e. The van der Waals surface area contributed by atoms with E-state index in [4.69, 9.17) is 4.42 Å². The summed E-state index contributed by atoms with van der Waals surface area (Å²) in [6, 6.07) is 12.8. The number of hydrogen-bond donors (Lipinski definition) is 0. The van der Waals surface area contributed by atoms with Crippen LogP contribution in [0.15, 0.2) is 57.7 Å². The molecule has 5 nitrogen and oxygen atoms in total. The van der Waals surface area contributed by atoms with Crippen molar-refractivity contribution < 1.29 is 13.6 Å². The smallest absolute Gasteiger partial charge is 0.388 e. The molecule has 1 aromatic heterocycles. The molecule has 26 heavy (non-hydrogen) atoms. The summed E-state index contributed by atoms with van der Waals surface area (Å²) in [4.78, 5) is 24.3. The summed E-state index contributed by atoms with van der Waals surface area (Å²) in [5.41, 5.74) is 2.17. The van der Waals surface area contributed by atoms with Crippen molar-refractivity contribution in [1.29, 1.82) is 0 Å². The van der Waals surface area contributed by atoms with Gasteiger partial charge in [-0.15, -0.1) is 5.10 Å². The Kier molecular flexibility index (Phi) is 5.41. The summed E-state index contributed by atoms with van der Waals surface area (Å²) in [7, 11) is 0. The van der Waals surface area contributed by atoms with Crippen molar-refractivity contribution >= 4 is 5.78 Å². The molecule has 0 spiro atoms. The fraction of sp³-hybridized carbons (Fsp3) is 0.250. The highest BCUT2D eigenvalue weighted by Gasteiger charge is 2.14. The largest absolute Gasteiger partial charge is 0.437 e. The van der Waals surface area contributed by atoms with Gasteiger partial charge < -0.3 is 4.42 Å². The lowest BCUT2D eigenvalue weighted by molar-refractivity contribution is 0.0965. The first-order chi connectivity index (χ1) is 12.6. The Balaban J connectivity index is 1.73. The van der Waals surface area contributed by atoms with Crippen LogP contribution < -0.4 is 5.76 Å². The summed E-state index contributed by atoms with van der Waals surface area (Å²) in [6.07, 6.45) is 3.20. The first kappa shape index (κ1) is 17.8. The molecule has 0 saturated heterocycles.